The van der Waals surface area contributed by atoms with Gasteiger partial charge in [0.05, 0.1) is 11.7 Å². The standard InChI is InChI=1S/C12H11BrFN3OS/c1-6(15)12-17-10(5-19-12)11(18)16-9-4-7(13)2-3-8(9)14/h2-6H,15H2,1H3,(H,16,18). The number of hydrogen-bond donors (Lipinski definition) is 2. The lowest BCUT2D eigenvalue weighted by molar-refractivity contribution is 0.102. The number of carbonyl (C=O) groups is 1. The smallest absolute Gasteiger partial charge is 0.275 e. The monoisotopic (exact) mass is 343 g/mol. The van der Waals surface area contributed by atoms with Gasteiger partial charge in [0, 0.05) is 9.85 Å². The van der Waals surface area contributed by atoms with Gasteiger partial charge in [-0.05, 0) is 25.1 Å². The first kappa shape index (κ1) is 14.1. The Kier molecular flexibility index (Phi) is 4.28. The van der Waals surface area contributed by atoms with E-state index in [1.807, 2.05) is 0 Å². The van der Waals surface area contributed by atoms with Crippen LogP contribution in [0.3, 0.4) is 0 Å². The van der Waals surface area contributed by atoms with Crippen molar-refractivity contribution < 1.29 is 9.18 Å². The summed E-state index contributed by atoms with van der Waals surface area (Å²) in [5, 5.41) is 4.75. The normalized spacial score (nSPS) is 12.2. The second-order valence-electron chi connectivity index (χ2n) is 3.94. The zero-order valence-corrected chi connectivity index (χ0v) is 12.4. The minimum absolute atomic E-state index is 0.106. The van der Waals surface area contributed by atoms with Crippen molar-refractivity contribution in [2.45, 2.75) is 13.0 Å². The Hall–Kier alpha value is -1.31. The first-order valence-corrected chi connectivity index (χ1v) is 7.12. The highest BCUT2D eigenvalue weighted by Crippen LogP contribution is 2.21. The van der Waals surface area contributed by atoms with Crippen LogP contribution in [0.4, 0.5) is 10.1 Å². The van der Waals surface area contributed by atoms with Crippen LogP contribution in [0.1, 0.15) is 28.5 Å². The number of amides is 1. The number of thiazole rings is 1. The van der Waals surface area contributed by atoms with Gasteiger partial charge in [0.2, 0.25) is 0 Å². The number of anilines is 1. The minimum atomic E-state index is -0.501. The van der Waals surface area contributed by atoms with Gasteiger partial charge in [0.15, 0.2) is 0 Å². The summed E-state index contributed by atoms with van der Waals surface area (Å²) in [6.07, 6.45) is 0. The van der Waals surface area contributed by atoms with Crippen molar-refractivity contribution >= 4 is 38.9 Å². The zero-order chi connectivity index (χ0) is 14.0. The number of nitrogens with two attached hydrogens (primary N) is 1. The molecule has 0 aliphatic rings. The average molecular weight is 344 g/mol. The molecule has 100 valence electrons. The van der Waals surface area contributed by atoms with Crippen LogP contribution in [0.2, 0.25) is 0 Å². The molecular formula is C12H11BrFN3OS. The van der Waals surface area contributed by atoms with Crippen molar-refractivity contribution in [2.24, 2.45) is 5.73 Å². The predicted octanol–water partition coefficient (Wildman–Crippen LogP) is 3.32. The van der Waals surface area contributed by atoms with E-state index in [0.29, 0.717) is 9.48 Å². The molecule has 3 N–H and O–H groups in total. The van der Waals surface area contributed by atoms with E-state index in [9.17, 15) is 9.18 Å². The van der Waals surface area contributed by atoms with Gasteiger partial charge >= 0.3 is 0 Å². The molecule has 0 saturated heterocycles. The molecule has 0 bridgehead atoms. The van der Waals surface area contributed by atoms with Crippen LogP contribution in [0.15, 0.2) is 28.1 Å². The summed E-state index contributed by atoms with van der Waals surface area (Å²) in [7, 11) is 0. The molecule has 0 saturated carbocycles. The second kappa shape index (κ2) is 5.77. The Balaban J connectivity index is 2.18. The highest BCUT2D eigenvalue weighted by Gasteiger charge is 2.14. The Morgan fingerprint density at radius 3 is 2.95 bits per heavy atom. The molecule has 1 heterocycles. The average Bonchev–Trinajstić information content (AvgIpc) is 2.83. The van der Waals surface area contributed by atoms with E-state index in [2.05, 4.69) is 26.2 Å². The Morgan fingerprint density at radius 2 is 2.32 bits per heavy atom. The summed E-state index contributed by atoms with van der Waals surface area (Å²) in [6.45, 7) is 1.79. The third kappa shape index (κ3) is 3.37. The number of carbonyl (C=O) groups excluding carboxylic acids is 1. The van der Waals surface area contributed by atoms with Gasteiger partial charge in [0.25, 0.3) is 5.91 Å². The second-order valence-corrected chi connectivity index (χ2v) is 5.74. The van der Waals surface area contributed by atoms with E-state index in [0.717, 1.165) is 0 Å². The van der Waals surface area contributed by atoms with E-state index in [1.165, 1.54) is 23.5 Å². The molecule has 0 fully saturated rings. The van der Waals surface area contributed by atoms with Crippen LogP contribution >= 0.6 is 27.3 Å². The van der Waals surface area contributed by atoms with Crippen LogP contribution in [-0.2, 0) is 0 Å². The number of hydrogen-bond acceptors (Lipinski definition) is 4. The molecule has 2 rings (SSSR count). The van der Waals surface area contributed by atoms with Crippen LogP contribution in [0.25, 0.3) is 0 Å². The minimum Gasteiger partial charge on any atom is -0.322 e. The maximum atomic E-state index is 13.5. The van der Waals surface area contributed by atoms with Crippen LogP contribution < -0.4 is 11.1 Å². The van der Waals surface area contributed by atoms with Crippen molar-refractivity contribution in [3.05, 3.63) is 44.6 Å². The Labute approximate surface area is 122 Å². The summed E-state index contributed by atoms with van der Waals surface area (Å²) >= 11 is 4.52. The van der Waals surface area contributed by atoms with Crippen molar-refractivity contribution in [3.63, 3.8) is 0 Å². The maximum absolute atomic E-state index is 13.5. The summed E-state index contributed by atoms with van der Waals surface area (Å²) in [6, 6.07) is 4.09. The number of nitrogens with one attached hydrogen (secondary N) is 1. The highest BCUT2D eigenvalue weighted by molar-refractivity contribution is 9.10. The van der Waals surface area contributed by atoms with E-state index in [-0.39, 0.29) is 17.4 Å². The summed E-state index contributed by atoms with van der Waals surface area (Å²) in [5.74, 6) is -0.959. The number of aromatic nitrogens is 1. The molecule has 0 radical (unpaired) electrons. The largest absolute Gasteiger partial charge is 0.322 e. The van der Waals surface area contributed by atoms with Crippen molar-refractivity contribution in [1.29, 1.82) is 0 Å². The molecule has 7 heteroatoms. The summed E-state index contributed by atoms with van der Waals surface area (Å²) < 4.78 is 14.2. The van der Waals surface area contributed by atoms with Gasteiger partial charge in [-0.2, -0.15) is 0 Å². The molecule has 1 unspecified atom stereocenters. The third-order valence-electron chi connectivity index (χ3n) is 2.32. The first-order valence-electron chi connectivity index (χ1n) is 5.45. The van der Waals surface area contributed by atoms with Gasteiger partial charge < -0.3 is 11.1 Å². The fourth-order valence-corrected chi connectivity index (χ4v) is 2.50. The fourth-order valence-electron chi connectivity index (χ4n) is 1.38. The third-order valence-corrected chi connectivity index (χ3v) is 3.86. The van der Waals surface area contributed by atoms with Gasteiger partial charge in [-0.25, -0.2) is 9.37 Å². The van der Waals surface area contributed by atoms with E-state index >= 15 is 0 Å². The molecule has 2 aromatic rings. The van der Waals surface area contributed by atoms with Gasteiger partial charge in [-0.1, -0.05) is 15.9 Å². The quantitative estimate of drug-likeness (QED) is 0.898. The van der Waals surface area contributed by atoms with Crippen molar-refractivity contribution in [3.8, 4) is 0 Å². The topological polar surface area (TPSA) is 68.0 Å². The van der Waals surface area contributed by atoms with Crippen LogP contribution in [0.5, 0.6) is 0 Å². The van der Waals surface area contributed by atoms with Gasteiger partial charge in [-0.3, -0.25) is 4.79 Å². The number of nitrogens with zero attached hydrogens (tertiary/aromatic N) is 1. The number of benzene rings is 1. The Bertz CT molecular complexity index is 615. The molecular weight excluding hydrogens is 333 g/mol. The molecule has 0 spiro atoms. The first-order chi connectivity index (χ1) is 8.97. The molecule has 1 aromatic carbocycles. The van der Waals surface area contributed by atoms with Crippen molar-refractivity contribution in [1.82, 2.24) is 4.98 Å². The molecule has 1 atom stereocenters. The lowest BCUT2D eigenvalue weighted by Crippen LogP contribution is -2.14. The summed E-state index contributed by atoms with van der Waals surface area (Å²) in [4.78, 5) is 16.0. The molecule has 0 aliphatic carbocycles. The van der Waals surface area contributed by atoms with E-state index < -0.39 is 11.7 Å². The molecule has 1 amide bonds. The van der Waals surface area contributed by atoms with Gasteiger partial charge in [0.1, 0.15) is 16.5 Å². The van der Waals surface area contributed by atoms with Gasteiger partial charge in [-0.15, -0.1) is 11.3 Å². The van der Waals surface area contributed by atoms with E-state index in [4.69, 9.17) is 5.73 Å². The molecule has 4 nitrogen and oxygen atoms in total. The molecule has 19 heavy (non-hydrogen) atoms. The predicted molar refractivity (Wildman–Crippen MR) is 76.8 cm³/mol. The maximum Gasteiger partial charge on any atom is 0.275 e. The zero-order valence-electron chi connectivity index (χ0n) is 9.98. The number of halogens is 2. The highest BCUT2D eigenvalue weighted by atomic mass is 79.9. The van der Waals surface area contributed by atoms with Crippen LogP contribution in [-0.4, -0.2) is 10.9 Å². The molecule has 1 aromatic heterocycles. The Morgan fingerprint density at radius 1 is 1.58 bits per heavy atom. The SMILES string of the molecule is CC(N)c1nc(C(=O)Nc2cc(Br)ccc2F)cs1. The fraction of sp³-hybridized carbons (Fsp3) is 0.167. The van der Waals surface area contributed by atoms with Crippen LogP contribution in [0, 0.1) is 5.82 Å². The molecule has 0 aliphatic heterocycles. The van der Waals surface area contributed by atoms with E-state index in [1.54, 1.807) is 18.4 Å². The van der Waals surface area contributed by atoms with Crippen molar-refractivity contribution in [2.75, 3.05) is 5.32 Å². The number of rotatable bonds is 3. The lowest BCUT2D eigenvalue weighted by Gasteiger charge is -2.05. The lowest BCUT2D eigenvalue weighted by atomic mass is 10.3. The summed E-state index contributed by atoms with van der Waals surface area (Å²) in [5.41, 5.74) is 6.01.